The topological polar surface area (TPSA) is 138 Å². The molecule has 1 aliphatic rings. The van der Waals surface area contributed by atoms with Crippen LogP contribution in [0.4, 0.5) is 16.7 Å². The molecule has 1 fully saturated rings. The summed E-state index contributed by atoms with van der Waals surface area (Å²) in [4.78, 5) is 48.5. The number of rotatable bonds is 8. The summed E-state index contributed by atoms with van der Waals surface area (Å²) in [7, 11) is 0. The number of nitrogens with zero attached hydrogens (tertiary/aromatic N) is 5. The van der Waals surface area contributed by atoms with E-state index in [1.807, 2.05) is 44.3 Å². The van der Waals surface area contributed by atoms with Gasteiger partial charge in [0.1, 0.15) is 0 Å². The molecule has 0 unspecified atom stereocenters. The van der Waals surface area contributed by atoms with Crippen molar-refractivity contribution in [1.29, 1.82) is 0 Å². The summed E-state index contributed by atoms with van der Waals surface area (Å²) >= 11 is 0. The van der Waals surface area contributed by atoms with Crippen LogP contribution in [0.5, 0.6) is 0 Å². The molecule has 3 aromatic heterocycles. The van der Waals surface area contributed by atoms with Crippen LogP contribution < -0.4 is 15.5 Å². The molecule has 2 amide bonds. The Morgan fingerprint density at radius 3 is 2.60 bits per heavy atom. The van der Waals surface area contributed by atoms with Crippen LogP contribution in [0.1, 0.15) is 39.3 Å². The summed E-state index contributed by atoms with van der Waals surface area (Å²) in [6.45, 7) is 8.08. The van der Waals surface area contributed by atoms with Gasteiger partial charge in [0.25, 0.3) is 0 Å². The molecule has 0 spiro atoms. The first-order valence-corrected chi connectivity index (χ1v) is 13.8. The van der Waals surface area contributed by atoms with Crippen molar-refractivity contribution in [3.05, 3.63) is 48.4 Å². The van der Waals surface area contributed by atoms with Gasteiger partial charge in [0, 0.05) is 43.2 Å². The second-order valence-electron chi connectivity index (χ2n) is 9.60. The number of aromatic amines is 1. The number of anilines is 2. The summed E-state index contributed by atoms with van der Waals surface area (Å²) in [5.41, 5.74) is 5.84. The number of carbonyl (C=O) groups excluding carboxylic acids is 2. The second kappa shape index (κ2) is 12.1. The fourth-order valence-corrected chi connectivity index (χ4v) is 5.01. The number of urea groups is 1. The Morgan fingerprint density at radius 1 is 1.07 bits per heavy atom. The molecule has 0 atom stereocenters. The van der Waals surface area contributed by atoms with Crippen LogP contribution in [0.15, 0.2) is 42.7 Å². The smallest absolute Gasteiger partial charge is 0.321 e. The Balaban J connectivity index is 1.48. The Labute approximate surface area is 232 Å². The number of hydrogen-bond acceptors (Lipinski definition) is 8. The summed E-state index contributed by atoms with van der Waals surface area (Å²) < 4.78 is 5.20. The van der Waals surface area contributed by atoms with Crippen molar-refractivity contribution in [3.8, 4) is 22.4 Å². The molecule has 11 heteroatoms. The van der Waals surface area contributed by atoms with Crippen LogP contribution >= 0.6 is 0 Å². The Hall–Kier alpha value is -4.54. The van der Waals surface area contributed by atoms with E-state index < -0.39 is 0 Å². The molecule has 4 aromatic rings. The number of esters is 1. The maximum atomic E-state index is 12.1. The van der Waals surface area contributed by atoms with Crippen molar-refractivity contribution in [1.82, 2.24) is 30.2 Å². The third-order valence-electron chi connectivity index (χ3n) is 7.00. The third-order valence-corrected chi connectivity index (χ3v) is 7.00. The number of fused-ring (bicyclic) bond motifs is 1. The fourth-order valence-electron chi connectivity index (χ4n) is 5.01. The van der Waals surface area contributed by atoms with Gasteiger partial charge in [-0.3, -0.25) is 15.1 Å². The van der Waals surface area contributed by atoms with E-state index in [-0.39, 0.29) is 17.9 Å². The molecular weight excluding hydrogens is 508 g/mol. The van der Waals surface area contributed by atoms with Crippen molar-refractivity contribution >= 4 is 34.9 Å². The van der Waals surface area contributed by atoms with E-state index in [0.29, 0.717) is 50.1 Å². The minimum atomic E-state index is -0.329. The van der Waals surface area contributed by atoms with Gasteiger partial charge in [-0.2, -0.15) is 0 Å². The minimum Gasteiger partial charge on any atom is -0.466 e. The zero-order chi connectivity index (χ0) is 28.1. The van der Waals surface area contributed by atoms with Crippen LogP contribution in [-0.2, 0) is 16.0 Å². The van der Waals surface area contributed by atoms with Crippen LogP contribution in [0.3, 0.4) is 0 Å². The lowest BCUT2D eigenvalue weighted by Gasteiger charge is -2.31. The van der Waals surface area contributed by atoms with Gasteiger partial charge in [-0.25, -0.2) is 19.7 Å². The lowest BCUT2D eigenvalue weighted by atomic mass is 9.97. The van der Waals surface area contributed by atoms with E-state index in [0.717, 1.165) is 46.4 Å². The maximum absolute atomic E-state index is 12.1. The first-order valence-electron chi connectivity index (χ1n) is 13.8. The molecular formula is C29H34N8O3. The molecule has 3 N–H and O–H groups in total. The summed E-state index contributed by atoms with van der Waals surface area (Å²) in [5.74, 6) is 0.833. The molecule has 1 aromatic carbocycles. The highest BCUT2D eigenvalue weighted by atomic mass is 16.5. The predicted octanol–water partition coefficient (Wildman–Crippen LogP) is 4.57. The summed E-state index contributed by atoms with van der Waals surface area (Å²) in [6.07, 6.45) is 5.77. The predicted molar refractivity (Wildman–Crippen MR) is 154 cm³/mol. The number of amides is 2. The zero-order valence-electron chi connectivity index (χ0n) is 23.0. The van der Waals surface area contributed by atoms with Crippen LogP contribution in [-0.4, -0.2) is 63.2 Å². The lowest BCUT2D eigenvalue weighted by molar-refractivity contribution is -0.148. The number of carbonyl (C=O) groups is 2. The van der Waals surface area contributed by atoms with Gasteiger partial charge < -0.3 is 19.9 Å². The third kappa shape index (κ3) is 5.73. The van der Waals surface area contributed by atoms with E-state index in [2.05, 4.69) is 43.5 Å². The molecule has 0 radical (unpaired) electrons. The van der Waals surface area contributed by atoms with Gasteiger partial charge in [-0.1, -0.05) is 13.0 Å². The molecule has 1 saturated heterocycles. The molecule has 1 aliphatic heterocycles. The summed E-state index contributed by atoms with van der Waals surface area (Å²) in [5, 5.41) is 5.47. The molecule has 11 nitrogen and oxygen atoms in total. The SMILES string of the molecule is CCNC(=O)Nc1nc2cc(-c3cnc(N4CCC(C(=O)OCC)CC4)nc3CC)cc(-c3ccccn3)c2[nH]1. The molecule has 208 valence electrons. The zero-order valence-corrected chi connectivity index (χ0v) is 23.0. The van der Waals surface area contributed by atoms with Crippen molar-refractivity contribution in [2.45, 2.75) is 40.0 Å². The van der Waals surface area contributed by atoms with E-state index in [4.69, 9.17) is 14.7 Å². The van der Waals surface area contributed by atoms with E-state index in [9.17, 15) is 9.59 Å². The van der Waals surface area contributed by atoms with Gasteiger partial charge in [0.15, 0.2) is 0 Å². The number of H-pyrrole nitrogens is 1. The van der Waals surface area contributed by atoms with Crippen LogP contribution in [0.2, 0.25) is 0 Å². The highest BCUT2D eigenvalue weighted by Gasteiger charge is 2.27. The Bertz CT molecular complexity index is 1500. The number of pyridine rings is 1. The van der Waals surface area contributed by atoms with Crippen molar-refractivity contribution in [3.63, 3.8) is 0 Å². The number of benzene rings is 1. The second-order valence-corrected chi connectivity index (χ2v) is 9.60. The van der Waals surface area contributed by atoms with Crippen LogP contribution in [0, 0.1) is 5.92 Å². The Kier molecular flexibility index (Phi) is 8.18. The van der Waals surface area contributed by atoms with E-state index >= 15 is 0 Å². The van der Waals surface area contributed by atoms with Gasteiger partial charge >= 0.3 is 12.0 Å². The van der Waals surface area contributed by atoms with Crippen molar-refractivity contribution < 1.29 is 14.3 Å². The normalized spacial score (nSPS) is 13.8. The largest absolute Gasteiger partial charge is 0.466 e. The first kappa shape index (κ1) is 27.0. The minimum absolute atomic E-state index is 0.0702. The number of aromatic nitrogens is 5. The fraction of sp³-hybridized carbons (Fsp3) is 0.379. The van der Waals surface area contributed by atoms with Gasteiger partial charge in [-0.05, 0) is 62.9 Å². The molecule has 40 heavy (non-hydrogen) atoms. The highest BCUT2D eigenvalue weighted by molar-refractivity contribution is 5.98. The molecule has 0 aliphatic carbocycles. The quantitative estimate of drug-likeness (QED) is 0.275. The number of hydrogen-bond donors (Lipinski definition) is 3. The number of ether oxygens (including phenoxy) is 1. The van der Waals surface area contributed by atoms with Crippen molar-refractivity contribution in [2.75, 3.05) is 36.5 Å². The molecule has 0 saturated carbocycles. The molecule has 4 heterocycles. The molecule has 5 rings (SSSR count). The van der Waals surface area contributed by atoms with Gasteiger partial charge in [-0.15, -0.1) is 0 Å². The van der Waals surface area contributed by atoms with E-state index in [1.165, 1.54) is 0 Å². The number of piperidine rings is 1. The maximum Gasteiger partial charge on any atom is 0.321 e. The first-order chi connectivity index (χ1) is 19.5. The van der Waals surface area contributed by atoms with Gasteiger partial charge in [0.05, 0.1) is 34.9 Å². The highest BCUT2D eigenvalue weighted by Crippen LogP contribution is 2.34. The number of nitrogens with one attached hydrogen (secondary N) is 3. The summed E-state index contributed by atoms with van der Waals surface area (Å²) in [6, 6.07) is 9.45. The van der Waals surface area contributed by atoms with E-state index in [1.54, 1.807) is 6.20 Å². The molecule has 0 bridgehead atoms. The number of aryl methyl sites for hydroxylation is 1. The monoisotopic (exact) mass is 542 g/mol. The van der Waals surface area contributed by atoms with Crippen molar-refractivity contribution in [2.24, 2.45) is 5.92 Å². The van der Waals surface area contributed by atoms with Gasteiger partial charge in [0.2, 0.25) is 11.9 Å². The number of imidazole rings is 1. The average Bonchev–Trinajstić information content (AvgIpc) is 3.39. The van der Waals surface area contributed by atoms with Crippen LogP contribution in [0.25, 0.3) is 33.4 Å². The average molecular weight is 543 g/mol. The standard InChI is InChI=1S/C29H34N8O3/c1-4-22-21(17-32-28(34-22)37-13-10-18(11-14-37)26(38)40-6-3)19-15-20(23-9-7-8-12-31-23)25-24(16-19)33-27(35-25)36-29(39)30-5-2/h7-9,12,15-18H,4-6,10-11,13-14H2,1-3H3,(H3,30,33,35,36,39). The Morgan fingerprint density at radius 2 is 1.90 bits per heavy atom. The lowest BCUT2D eigenvalue weighted by Crippen LogP contribution is -2.38.